The van der Waals surface area contributed by atoms with Gasteiger partial charge in [0, 0.05) is 5.02 Å². The Morgan fingerprint density at radius 3 is 2.59 bits per heavy atom. The molecule has 0 amide bonds. The van der Waals surface area contributed by atoms with Crippen LogP contribution in [0.3, 0.4) is 0 Å². The molecule has 0 saturated carbocycles. The molecule has 0 aliphatic carbocycles. The van der Waals surface area contributed by atoms with E-state index in [0.717, 1.165) is 0 Å². The predicted molar refractivity (Wildman–Crippen MR) is 68.0 cm³/mol. The molecule has 0 aliphatic heterocycles. The quantitative estimate of drug-likeness (QED) is 0.854. The molecule has 0 atom stereocenters. The highest BCUT2D eigenvalue weighted by atomic mass is 35.5. The largest absolute Gasteiger partial charge is 0.435 e. The third kappa shape index (κ3) is 2.72. The second kappa shape index (κ2) is 4.96. The SMILES string of the molecule is Nc1c(Cl)ncnc1Oc1ccc(Cl)cc1Cl. The third-order valence-electron chi connectivity index (χ3n) is 1.90. The Balaban J connectivity index is 2.35. The molecule has 88 valence electrons. The van der Waals surface area contributed by atoms with Gasteiger partial charge in [-0.25, -0.2) is 4.98 Å². The number of benzene rings is 1. The van der Waals surface area contributed by atoms with Gasteiger partial charge in [0.25, 0.3) is 0 Å². The van der Waals surface area contributed by atoms with Crippen LogP contribution in [0.5, 0.6) is 11.6 Å². The molecule has 0 radical (unpaired) electrons. The lowest BCUT2D eigenvalue weighted by molar-refractivity contribution is 0.464. The summed E-state index contributed by atoms with van der Waals surface area (Å²) in [5.41, 5.74) is 5.81. The second-order valence-corrected chi connectivity index (χ2v) is 4.26. The van der Waals surface area contributed by atoms with Gasteiger partial charge in [0.15, 0.2) is 5.15 Å². The van der Waals surface area contributed by atoms with Crippen molar-refractivity contribution in [1.82, 2.24) is 9.97 Å². The highest BCUT2D eigenvalue weighted by Gasteiger charge is 2.10. The molecule has 1 aromatic heterocycles. The number of halogens is 3. The van der Waals surface area contributed by atoms with Crippen LogP contribution < -0.4 is 10.5 Å². The van der Waals surface area contributed by atoms with E-state index in [1.54, 1.807) is 18.2 Å². The lowest BCUT2D eigenvalue weighted by Crippen LogP contribution is -1.97. The van der Waals surface area contributed by atoms with Gasteiger partial charge in [-0.05, 0) is 18.2 Å². The van der Waals surface area contributed by atoms with Crippen molar-refractivity contribution >= 4 is 40.5 Å². The average Bonchev–Trinajstić information content (AvgIpc) is 2.28. The first-order valence-electron chi connectivity index (χ1n) is 4.47. The van der Waals surface area contributed by atoms with Crippen LogP contribution in [0.25, 0.3) is 0 Å². The highest BCUT2D eigenvalue weighted by molar-refractivity contribution is 6.35. The van der Waals surface area contributed by atoms with Crippen molar-refractivity contribution in [3.05, 3.63) is 39.7 Å². The smallest absolute Gasteiger partial charge is 0.247 e. The van der Waals surface area contributed by atoms with E-state index in [-0.39, 0.29) is 16.7 Å². The minimum absolute atomic E-state index is 0.125. The summed E-state index contributed by atoms with van der Waals surface area (Å²) in [6.07, 6.45) is 1.25. The molecule has 1 heterocycles. The Bertz CT molecular complexity index is 562. The van der Waals surface area contributed by atoms with Crippen molar-refractivity contribution in [2.75, 3.05) is 5.73 Å². The molecule has 2 N–H and O–H groups in total. The number of hydrogen-bond donors (Lipinski definition) is 1. The van der Waals surface area contributed by atoms with Crippen LogP contribution >= 0.6 is 34.8 Å². The minimum atomic E-state index is 0.125. The molecule has 0 bridgehead atoms. The Kier molecular flexibility index (Phi) is 3.57. The summed E-state index contributed by atoms with van der Waals surface area (Å²) in [7, 11) is 0. The van der Waals surface area contributed by atoms with Crippen molar-refractivity contribution in [3.63, 3.8) is 0 Å². The topological polar surface area (TPSA) is 61.0 Å². The van der Waals surface area contributed by atoms with Crippen molar-refractivity contribution in [2.45, 2.75) is 0 Å². The van der Waals surface area contributed by atoms with Gasteiger partial charge >= 0.3 is 0 Å². The van der Waals surface area contributed by atoms with Gasteiger partial charge in [-0.3, -0.25) is 0 Å². The Hall–Kier alpha value is -1.23. The van der Waals surface area contributed by atoms with E-state index in [1.165, 1.54) is 6.33 Å². The first-order valence-corrected chi connectivity index (χ1v) is 5.60. The Morgan fingerprint density at radius 2 is 1.88 bits per heavy atom. The summed E-state index contributed by atoms with van der Waals surface area (Å²) in [5, 5.41) is 0.989. The molecule has 0 spiro atoms. The molecule has 2 aromatic rings. The first-order chi connectivity index (χ1) is 8.08. The monoisotopic (exact) mass is 289 g/mol. The highest BCUT2D eigenvalue weighted by Crippen LogP contribution is 2.34. The maximum absolute atomic E-state index is 5.94. The van der Waals surface area contributed by atoms with Crippen molar-refractivity contribution in [2.24, 2.45) is 0 Å². The Morgan fingerprint density at radius 1 is 1.12 bits per heavy atom. The fourth-order valence-electron chi connectivity index (χ4n) is 1.10. The maximum Gasteiger partial charge on any atom is 0.247 e. The average molecular weight is 291 g/mol. The molecule has 0 unspecified atom stereocenters. The van der Waals surface area contributed by atoms with Gasteiger partial charge in [-0.15, -0.1) is 0 Å². The normalized spacial score (nSPS) is 10.3. The standard InChI is InChI=1S/C10H6Cl3N3O/c11-5-1-2-7(6(12)3-5)17-10-8(14)9(13)15-4-16-10/h1-4H,14H2. The number of ether oxygens (including phenoxy) is 1. The number of nitrogen functional groups attached to an aromatic ring is 1. The van der Waals surface area contributed by atoms with Gasteiger partial charge in [-0.1, -0.05) is 34.8 Å². The van der Waals surface area contributed by atoms with Crippen molar-refractivity contribution < 1.29 is 4.74 Å². The zero-order valence-electron chi connectivity index (χ0n) is 8.32. The van der Waals surface area contributed by atoms with Crippen LogP contribution in [0.4, 0.5) is 5.69 Å². The van der Waals surface area contributed by atoms with Crippen LogP contribution in [0.15, 0.2) is 24.5 Å². The number of rotatable bonds is 2. The summed E-state index contributed by atoms with van der Waals surface area (Å²) >= 11 is 17.4. The van der Waals surface area contributed by atoms with Crippen LogP contribution in [0.1, 0.15) is 0 Å². The zero-order valence-corrected chi connectivity index (χ0v) is 10.6. The molecular weight excluding hydrogens is 284 g/mol. The molecule has 0 saturated heterocycles. The summed E-state index contributed by atoms with van der Waals surface area (Å²) in [6, 6.07) is 4.80. The summed E-state index contributed by atoms with van der Waals surface area (Å²) < 4.78 is 5.42. The number of nitrogens with two attached hydrogens (primary N) is 1. The van der Waals surface area contributed by atoms with Crippen LogP contribution in [0, 0.1) is 0 Å². The molecule has 2 rings (SSSR count). The number of aromatic nitrogens is 2. The summed E-state index contributed by atoms with van der Waals surface area (Å²) in [4.78, 5) is 7.58. The molecule has 0 fully saturated rings. The minimum Gasteiger partial charge on any atom is -0.435 e. The number of anilines is 1. The van der Waals surface area contributed by atoms with Crippen LogP contribution in [0.2, 0.25) is 15.2 Å². The lowest BCUT2D eigenvalue weighted by atomic mass is 10.3. The molecule has 7 heteroatoms. The lowest BCUT2D eigenvalue weighted by Gasteiger charge is -2.08. The molecule has 17 heavy (non-hydrogen) atoms. The fourth-order valence-corrected chi connectivity index (χ4v) is 1.67. The van der Waals surface area contributed by atoms with E-state index < -0.39 is 0 Å². The van der Waals surface area contributed by atoms with Gasteiger partial charge in [0.2, 0.25) is 5.88 Å². The maximum atomic E-state index is 5.94. The molecule has 0 aliphatic rings. The summed E-state index contributed by atoms with van der Waals surface area (Å²) in [5.74, 6) is 0.534. The fraction of sp³-hybridized carbons (Fsp3) is 0. The zero-order chi connectivity index (χ0) is 12.4. The second-order valence-electron chi connectivity index (χ2n) is 3.06. The predicted octanol–water partition coefficient (Wildman–Crippen LogP) is 3.81. The third-order valence-corrected chi connectivity index (χ3v) is 2.73. The molecule has 1 aromatic carbocycles. The van der Waals surface area contributed by atoms with Gasteiger partial charge in [0.1, 0.15) is 17.8 Å². The summed E-state index contributed by atoms with van der Waals surface area (Å²) in [6.45, 7) is 0. The molecular formula is C10H6Cl3N3O. The van der Waals surface area contributed by atoms with Crippen LogP contribution in [-0.4, -0.2) is 9.97 Å². The first kappa shape index (κ1) is 12.2. The van der Waals surface area contributed by atoms with E-state index in [1.807, 2.05) is 0 Å². The van der Waals surface area contributed by atoms with E-state index in [9.17, 15) is 0 Å². The van der Waals surface area contributed by atoms with E-state index in [0.29, 0.717) is 15.8 Å². The van der Waals surface area contributed by atoms with Gasteiger partial charge in [-0.2, -0.15) is 4.98 Å². The van der Waals surface area contributed by atoms with E-state index >= 15 is 0 Å². The Labute approximate surface area is 112 Å². The van der Waals surface area contributed by atoms with Crippen LogP contribution in [-0.2, 0) is 0 Å². The number of nitrogens with zero attached hydrogens (tertiary/aromatic N) is 2. The van der Waals surface area contributed by atoms with Gasteiger partial charge in [0.05, 0.1) is 5.02 Å². The van der Waals surface area contributed by atoms with E-state index in [2.05, 4.69) is 9.97 Å². The molecule has 4 nitrogen and oxygen atoms in total. The van der Waals surface area contributed by atoms with Crippen molar-refractivity contribution in [1.29, 1.82) is 0 Å². The van der Waals surface area contributed by atoms with E-state index in [4.69, 9.17) is 45.3 Å². The van der Waals surface area contributed by atoms with Gasteiger partial charge < -0.3 is 10.5 Å². The van der Waals surface area contributed by atoms with Crippen molar-refractivity contribution in [3.8, 4) is 11.6 Å². The number of hydrogen-bond acceptors (Lipinski definition) is 4.